The highest BCUT2D eigenvalue weighted by atomic mass is 32.2. The molecule has 0 radical (unpaired) electrons. The van der Waals surface area contributed by atoms with E-state index in [-0.39, 0.29) is 11.7 Å². The van der Waals surface area contributed by atoms with Crippen molar-refractivity contribution in [1.82, 2.24) is 5.32 Å². The Balaban J connectivity index is 1.82. The molecule has 4 nitrogen and oxygen atoms in total. The summed E-state index contributed by atoms with van der Waals surface area (Å²) < 4.78 is 23.5. The maximum Gasteiger partial charge on any atom is 0.220 e. The Kier molecular flexibility index (Phi) is 6.15. The number of sulfone groups is 1. The molecular formula is C19H23NO3S. The van der Waals surface area contributed by atoms with Crippen molar-refractivity contribution in [2.75, 3.05) is 5.75 Å². The number of rotatable bonds is 7. The lowest BCUT2D eigenvalue weighted by molar-refractivity contribution is -0.121. The van der Waals surface area contributed by atoms with E-state index in [0.29, 0.717) is 24.3 Å². The van der Waals surface area contributed by atoms with E-state index in [0.717, 1.165) is 11.1 Å². The van der Waals surface area contributed by atoms with Crippen LogP contribution in [-0.4, -0.2) is 20.1 Å². The van der Waals surface area contributed by atoms with Gasteiger partial charge in [0, 0.05) is 13.0 Å². The van der Waals surface area contributed by atoms with Gasteiger partial charge in [-0.25, -0.2) is 8.42 Å². The predicted octanol–water partition coefficient (Wildman–Crippen LogP) is 3.04. The first-order valence-corrected chi connectivity index (χ1v) is 9.70. The Bertz CT molecular complexity index is 778. The first-order valence-electron chi connectivity index (χ1n) is 8.04. The van der Waals surface area contributed by atoms with Gasteiger partial charge >= 0.3 is 0 Å². The quantitative estimate of drug-likeness (QED) is 0.839. The van der Waals surface area contributed by atoms with Crippen molar-refractivity contribution in [2.24, 2.45) is 0 Å². The van der Waals surface area contributed by atoms with Crippen LogP contribution in [0.4, 0.5) is 0 Å². The van der Waals surface area contributed by atoms with Crippen LogP contribution in [0, 0.1) is 6.92 Å². The van der Waals surface area contributed by atoms with Crippen molar-refractivity contribution in [2.45, 2.75) is 38.1 Å². The molecule has 24 heavy (non-hydrogen) atoms. The van der Waals surface area contributed by atoms with E-state index < -0.39 is 9.84 Å². The van der Waals surface area contributed by atoms with Crippen LogP contribution in [0.25, 0.3) is 0 Å². The van der Waals surface area contributed by atoms with Gasteiger partial charge in [-0.15, -0.1) is 0 Å². The third kappa shape index (κ3) is 5.20. The van der Waals surface area contributed by atoms with E-state index >= 15 is 0 Å². The molecule has 0 unspecified atom stereocenters. The maximum atomic E-state index is 11.9. The molecule has 2 rings (SSSR count). The molecule has 0 aliphatic carbocycles. The van der Waals surface area contributed by atoms with Crippen molar-refractivity contribution in [3.05, 3.63) is 65.2 Å². The Morgan fingerprint density at radius 1 is 0.958 bits per heavy atom. The topological polar surface area (TPSA) is 63.2 Å². The molecule has 0 fully saturated rings. The lowest BCUT2D eigenvalue weighted by atomic mass is 10.1. The van der Waals surface area contributed by atoms with Gasteiger partial charge in [-0.05, 0) is 36.6 Å². The summed E-state index contributed by atoms with van der Waals surface area (Å²) in [6.45, 7) is 4.06. The monoisotopic (exact) mass is 345 g/mol. The number of nitrogens with one attached hydrogen (secondary N) is 1. The summed E-state index contributed by atoms with van der Waals surface area (Å²) in [7, 11) is -3.18. The first kappa shape index (κ1) is 18.2. The number of carbonyl (C=O) groups is 1. The van der Waals surface area contributed by atoms with Gasteiger partial charge in [-0.1, -0.05) is 48.9 Å². The largest absolute Gasteiger partial charge is 0.352 e. The molecule has 0 spiro atoms. The molecule has 5 heteroatoms. The molecule has 0 atom stereocenters. The summed E-state index contributed by atoms with van der Waals surface area (Å²) in [5.74, 6) is 0.0723. The third-order valence-electron chi connectivity index (χ3n) is 3.91. The zero-order chi connectivity index (χ0) is 17.6. The maximum absolute atomic E-state index is 11.9. The molecule has 0 aromatic heterocycles. The number of amides is 1. The fraction of sp³-hybridized carbons (Fsp3) is 0.316. The van der Waals surface area contributed by atoms with Gasteiger partial charge < -0.3 is 5.32 Å². The molecule has 0 aliphatic rings. The summed E-state index contributed by atoms with van der Waals surface area (Å²) in [4.78, 5) is 12.2. The SMILES string of the molecule is CCS(=O)(=O)c1ccc(CNC(=O)CCc2ccc(C)cc2)cc1. The van der Waals surface area contributed by atoms with Crippen molar-refractivity contribution >= 4 is 15.7 Å². The van der Waals surface area contributed by atoms with Crippen LogP contribution in [0.5, 0.6) is 0 Å². The zero-order valence-electron chi connectivity index (χ0n) is 14.1. The van der Waals surface area contributed by atoms with Crippen LogP contribution >= 0.6 is 0 Å². The highest BCUT2D eigenvalue weighted by Crippen LogP contribution is 2.12. The predicted molar refractivity (Wildman–Crippen MR) is 95.5 cm³/mol. The zero-order valence-corrected chi connectivity index (χ0v) is 14.9. The Morgan fingerprint density at radius 3 is 2.12 bits per heavy atom. The van der Waals surface area contributed by atoms with E-state index in [1.807, 2.05) is 31.2 Å². The number of hydrogen-bond donors (Lipinski definition) is 1. The third-order valence-corrected chi connectivity index (χ3v) is 5.66. The van der Waals surface area contributed by atoms with Crippen LogP contribution in [0.15, 0.2) is 53.4 Å². The minimum absolute atomic E-state index is 0.0131. The van der Waals surface area contributed by atoms with E-state index in [4.69, 9.17) is 0 Å². The molecule has 1 N–H and O–H groups in total. The molecule has 0 saturated carbocycles. The van der Waals surface area contributed by atoms with Crippen LogP contribution < -0.4 is 5.32 Å². The number of aryl methyl sites for hydroxylation is 2. The van der Waals surface area contributed by atoms with Crippen LogP contribution in [0.3, 0.4) is 0 Å². The van der Waals surface area contributed by atoms with Gasteiger partial charge in [-0.2, -0.15) is 0 Å². The summed E-state index contributed by atoms with van der Waals surface area (Å²) in [6, 6.07) is 14.8. The molecular weight excluding hydrogens is 322 g/mol. The van der Waals surface area contributed by atoms with E-state index in [1.54, 1.807) is 31.2 Å². The normalized spacial score (nSPS) is 11.2. The average Bonchev–Trinajstić information content (AvgIpc) is 2.60. The Hall–Kier alpha value is -2.14. The fourth-order valence-corrected chi connectivity index (χ4v) is 3.17. The van der Waals surface area contributed by atoms with Crippen molar-refractivity contribution < 1.29 is 13.2 Å². The lowest BCUT2D eigenvalue weighted by Gasteiger charge is -2.07. The molecule has 2 aromatic rings. The van der Waals surface area contributed by atoms with E-state index in [2.05, 4.69) is 5.32 Å². The van der Waals surface area contributed by atoms with Gasteiger partial charge in [-0.3, -0.25) is 4.79 Å². The average molecular weight is 345 g/mol. The number of benzene rings is 2. The smallest absolute Gasteiger partial charge is 0.220 e. The van der Waals surface area contributed by atoms with Crippen LogP contribution in [0.2, 0.25) is 0 Å². The molecule has 1 amide bonds. The minimum Gasteiger partial charge on any atom is -0.352 e. The molecule has 0 heterocycles. The first-order chi connectivity index (χ1) is 11.4. The minimum atomic E-state index is -3.18. The molecule has 0 bridgehead atoms. The second-order valence-electron chi connectivity index (χ2n) is 5.81. The standard InChI is InChI=1S/C19H23NO3S/c1-3-24(22,23)18-11-8-17(9-12-18)14-20-19(21)13-10-16-6-4-15(2)5-7-16/h4-9,11-12H,3,10,13-14H2,1-2H3,(H,20,21). The van der Waals surface area contributed by atoms with Crippen molar-refractivity contribution in [3.8, 4) is 0 Å². The highest BCUT2D eigenvalue weighted by Gasteiger charge is 2.10. The van der Waals surface area contributed by atoms with Crippen LogP contribution in [-0.2, 0) is 27.6 Å². The second kappa shape index (κ2) is 8.11. The summed E-state index contributed by atoms with van der Waals surface area (Å²) in [5.41, 5.74) is 3.23. The molecule has 0 aliphatic heterocycles. The summed E-state index contributed by atoms with van der Waals surface area (Å²) in [5, 5.41) is 2.86. The number of carbonyl (C=O) groups excluding carboxylic acids is 1. The van der Waals surface area contributed by atoms with Gasteiger partial charge in [0.05, 0.1) is 10.6 Å². The van der Waals surface area contributed by atoms with Gasteiger partial charge in [0.2, 0.25) is 5.91 Å². The van der Waals surface area contributed by atoms with Crippen molar-refractivity contribution in [1.29, 1.82) is 0 Å². The van der Waals surface area contributed by atoms with E-state index in [1.165, 1.54) is 5.56 Å². The summed E-state index contributed by atoms with van der Waals surface area (Å²) in [6.07, 6.45) is 1.14. The molecule has 128 valence electrons. The Labute approximate surface area is 143 Å². The molecule has 2 aromatic carbocycles. The van der Waals surface area contributed by atoms with E-state index in [9.17, 15) is 13.2 Å². The van der Waals surface area contributed by atoms with Crippen LogP contribution in [0.1, 0.15) is 30.0 Å². The van der Waals surface area contributed by atoms with Gasteiger partial charge in [0.1, 0.15) is 0 Å². The fourth-order valence-electron chi connectivity index (χ4n) is 2.28. The highest BCUT2D eigenvalue weighted by molar-refractivity contribution is 7.91. The molecule has 0 saturated heterocycles. The lowest BCUT2D eigenvalue weighted by Crippen LogP contribution is -2.23. The van der Waals surface area contributed by atoms with Gasteiger partial charge in [0.15, 0.2) is 9.84 Å². The van der Waals surface area contributed by atoms with Crippen molar-refractivity contribution in [3.63, 3.8) is 0 Å². The second-order valence-corrected chi connectivity index (χ2v) is 8.09. The summed E-state index contributed by atoms with van der Waals surface area (Å²) >= 11 is 0. The Morgan fingerprint density at radius 2 is 1.54 bits per heavy atom. The van der Waals surface area contributed by atoms with Gasteiger partial charge in [0.25, 0.3) is 0 Å². The number of hydrogen-bond acceptors (Lipinski definition) is 3.